The van der Waals surface area contributed by atoms with E-state index in [-0.39, 0.29) is 6.54 Å². The predicted molar refractivity (Wildman–Crippen MR) is 71.4 cm³/mol. The van der Waals surface area contributed by atoms with Crippen LogP contribution in [-0.2, 0) is 0 Å². The van der Waals surface area contributed by atoms with Gasteiger partial charge in [-0.2, -0.15) is 0 Å². The molecule has 1 atom stereocenters. The largest absolute Gasteiger partial charge is 0.457 e. The standard InChI is InChI=1S/C14H16N2O2/c15-9-14(17)10-1-5-12(6-2-10)18-13-7-3-11(16)4-8-13/h1-8,14,17H,9,15-16H2. The van der Waals surface area contributed by atoms with Crippen molar-refractivity contribution >= 4 is 5.69 Å². The summed E-state index contributed by atoms with van der Waals surface area (Å²) < 4.78 is 5.63. The molecule has 18 heavy (non-hydrogen) atoms. The van der Waals surface area contributed by atoms with E-state index in [1.54, 1.807) is 48.5 Å². The van der Waals surface area contributed by atoms with Gasteiger partial charge in [-0.15, -0.1) is 0 Å². The van der Waals surface area contributed by atoms with Crippen molar-refractivity contribution in [2.45, 2.75) is 6.10 Å². The third-order valence-corrected chi connectivity index (χ3v) is 2.60. The summed E-state index contributed by atoms with van der Waals surface area (Å²) in [5.74, 6) is 1.42. The number of rotatable bonds is 4. The number of aliphatic hydroxyl groups is 1. The second kappa shape index (κ2) is 5.53. The van der Waals surface area contributed by atoms with E-state index < -0.39 is 6.10 Å². The Bertz CT molecular complexity index is 494. The molecule has 2 aromatic carbocycles. The van der Waals surface area contributed by atoms with Crippen LogP contribution in [0.25, 0.3) is 0 Å². The molecular weight excluding hydrogens is 228 g/mol. The fourth-order valence-electron chi connectivity index (χ4n) is 1.57. The zero-order valence-electron chi connectivity index (χ0n) is 9.91. The molecule has 0 saturated heterocycles. The van der Waals surface area contributed by atoms with Crippen molar-refractivity contribution in [2.24, 2.45) is 5.73 Å². The smallest absolute Gasteiger partial charge is 0.127 e. The molecule has 0 spiro atoms. The van der Waals surface area contributed by atoms with Gasteiger partial charge in [0, 0.05) is 12.2 Å². The fraction of sp³-hybridized carbons (Fsp3) is 0.143. The molecule has 0 amide bonds. The molecule has 0 aliphatic carbocycles. The lowest BCUT2D eigenvalue weighted by molar-refractivity contribution is 0.186. The fourth-order valence-corrected chi connectivity index (χ4v) is 1.57. The molecular formula is C14H16N2O2. The van der Waals surface area contributed by atoms with Gasteiger partial charge in [-0.3, -0.25) is 0 Å². The van der Waals surface area contributed by atoms with Crippen LogP contribution in [-0.4, -0.2) is 11.7 Å². The molecule has 0 aromatic heterocycles. The summed E-state index contributed by atoms with van der Waals surface area (Å²) in [5.41, 5.74) is 12.5. The maximum Gasteiger partial charge on any atom is 0.127 e. The number of nitrogen functional groups attached to an aromatic ring is 1. The van der Waals surface area contributed by atoms with Gasteiger partial charge in [0.25, 0.3) is 0 Å². The summed E-state index contributed by atoms with van der Waals surface area (Å²) in [7, 11) is 0. The van der Waals surface area contributed by atoms with Crippen LogP contribution in [0.5, 0.6) is 11.5 Å². The Balaban J connectivity index is 2.08. The minimum Gasteiger partial charge on any atom is -0.457 e. The monoisotopic (exact) mass is 244 g/mol. The Morgan fingerprint density at radius 3 is 1.94 bits per heavy atom. The molecule has 0 bridgehead atoms. The summed E-state index contributed by atoms with van der Waals surface area (Å²) in [6, 6.07) is 14.4. The molecule has 94 valence electrons. The molecule has 0 saturated carbocycles. The average molecular weight is 244 g/mol. The van der Waals surface area contributed by atoms with Crippen LogP contribution >= 0.6 is 0 Å². The predicted octanol–water partition coefficient (Wildman–Crippen LogP) is 2.05. The van der Waals surface area contributed by atoms with Crippen LogP contribution in [0.2, 0.25) is 0 Å². The first-order valence-electron chi connectivity index (χ1n) is 5.70. The molecule has 4 nitrogen and oxygen atoms in total. The number of nitrogens with two attached hydrogens (primary N) is 2. The second-order valence-electron chi connectivity index (χ2n) is 3.99. The van der Waals surface area contributed by atoms with Crippen molar-refractivity contribution in [1.82, 2.24) is 0 Å². The summed E-state index contributed by atoms with van der Waals surface area (Å²) in [6.45, 7) is 0.207. The van der Waals surface area contributed by atoms with Crippen molar-refractivity contribution in [1.29, 1.82) is 0 Å². The van der Waals surface area contributed by atoms with Crippen molar-refractivity contribution in [3.63, 3.8) is 0 Å². The van der Waals surface area contributed by atoms with Crippen molar-refractivity contribution < 1.29 is 9.84 Å². The van der Waals surface area contributed by atoms with Gasteiger partial charge in [-0.05, 0) is 42.0 Å². The van der Waals surface area contributed by atoms with Gasteiger partial charge in [-0.25, -0.2) is 0 Å². The SMILES string of the molecule is NCC(O)c1ccc(Oc2ccc(N)cc2)cc1. The summed E-state index contributed by atoms with van der Waals surface area (Å²) in [5, 5.41) is 9.56. The first-order valence-corrected chi connectivity index (χ1v) is 5.70. The minimum absolute atomic E-state index is 0.207. The maximum absolute atomic E-state index is 9.56. The van der Waals surface area contributed by atoms with E-state index in [4.69, 9.17) is 16.2 Å². The number of ether oxygens (including phenoxy) is 1. The summed E-state index contributed by atoms with van der Waals surface area (Å²) >= 11 is 0. The van der Waals surface area contributed by atoms with Crippen LogP contribution in [0.4, 0.5) is 5.69 Å². The van der Waals surface area contributed by atoms with Crippen LogP contribution < -0.4 is 16.2 Å². The highest BCUT2D eigenvalue weighted by atomic mass is 16.5. The van der Waals surface area contributed by atoms with E-state index in [1.165, 1.54) is 0 Å². The van der Waals surface area contributed by atoms with Crippen LogP contribution in [0.15, 0.2) is 48.5 Å². The van der Waals surface area contributed by atoms with E-state index >= 15 is 0 Å². The highest BCUT2D eigenvalue weighted by Gasteiger charge is 2.04. The average Bonchev–Trinajstić information content (AvgIpc) is 2.41. The van der Waals surface area contributed by atoms with Crippen molar-refractivity contribution in [3.05, 3.63) is 54.1 Å². The molecule has 0 radical (unpaired) electrons. The molecule has 0 heterocycles. The molecule has 0 fully saturated rings. The molecule has 2 aromatic rings. The molecule has 4 heteroatoms. The summed E-state index contributed by atoms with van der Waals surface area (Å²) in [6.07, 6.45) is -0.629. The van der Waals surface area contributed by atoms with Crippen molar-refractivity contribution in [2.75, 3.05) is 12.3 Å². The van der Waals surface area contributed by atoms with Gasteiger partial charge in [0.15, 0.2) is 0 Å². The summed E-state index contributed by atoms with van der Waals surface area (Å²) in [4.78, 5) is 0. The molecule has 5 N–H and O–H groups in total. The lowest BCUT2D eigenvalue weighted by Gasteiger charge is -2.10. The first-order chi connectivity index (χ1) is 8.69. The molecule has 0 aliphatic rings. The van der Waals surface area contributed by atoms with Crippen molar-refractivity contribution in [3.8, 4) is 11.5 Å². The number of benzene rings is 2. The van der Waals surface area contributed by atoms with E-state index in [0.29, 0.717) is 11.4 Å². The van der Waals surface area contributed by atoms with Gasteiger partial charge >= 0.3 is 0 Å². The lowest BCUT2D eigenvalue weighted by atomic mass is 10.1. The maximum atomic E-state index is 9.56. The number of hydrogen-bond acceptors (Lipinski definition) is 4. The zero-order valence-corrected chi connectivity index (χ0v) is 9.91. The van der Waals surface area contributed by atoms with Gasteiger partial charge in [-0.1, -0.05) is 12.1 Å². The Morgan fingerprint density at radius 2 is 1.44 bits per heavy atom. The number of aliphatic hydroxyl groups excluding tert-OH is 1. The van der Waals surface area contributed by atoms with E-state index in [0.717, 1.165) is 11.3 Å². The highest BCUT2D eigenvalue weighted by Crippen LogP contribution is 2.23. The van der Waals surface area contributed by atoms with E-state index in [9.17, 15) is 5.11 Å². The number of anilines is 1. The molecule has 1 unspecified atom stereocenters. The second-order valence-corrected chi connectivity index (χ2v) is 3.99. The molecule has 0 aliphatic heterocycles. The highest BCUT2D eigenvalue weighted by molar-refractivity contribution is 5.43. The third-order valence-electron chi connectivity index (χ3n) is 2.60. The Kier molecular flexibility index (Phi) is 3.82. The van der Waals surface area contributed by atoms with E-state index in [2.05, 4.69) is 0 Å². The quantitative estimate of drug-likeness (QED) is 0.719. The zero-order chi connectivity index (χ0) is 13.0. The molecule has 2 rings (SSSR count). The first kappa shape index (κ1) is 12.4. The van der Waals surface area contributed by atoms with Crippen LogP contribution in [0.1, 0.15) is 11.7 Å². The van der Waals surface area contributed by atoms with E-state index in [1.807, 2.05) is 0 Å². The van der Waals surface area contributed by atoms with Crippen LogP contribution in [0.3, 0.4) is 0 Å². The Hall–Kier alpha value is -2.04. The minimum atomic E-state index is -0.629. The van der Waals surface area contributed by atoms with Gasteiger partial charge < -0.3 is 21.3 Å². The van der Waals surface area contributed by atoms with Crippen LogP contribution in [0, 0.1) is 0 Å². The normalized spacial score (nSPS) is 12.1. The topological polar surface area (TPSA) is 81.5 Å². The Morgan fingerprint density at radius 1 is 0.944 bits per heavy atom. The Labute approximate surface area is 106 Å². The number of hydrogen-bond donors (Lipinski definition) is 3. The van der Waals surface area contributed by atoms with Gasteiger partial charge in [0.2, 0.25) is 0 Å². The van der Waals surface area contributed by atoms with Gasteiger partial charge in [0.1, 0.15) is 11.5 Å². The van der Waals surface area contributed by atoms with Gasteiger partial charge in [0.05, 0.1) is 6.10 Å². The third kappa shape index (κ3) is 3.00. The lowest BCUT2D eigenvalue weighted by Crippen LogP contribution is -2.11.